The summed E-state index contributed by atoms with van der Waals surface area (Å²) in [4.78, 5) is 19.7. The van der Waals surface area contributed by atoms with Gasteiger partial charge in [0.15, 0.2) is 0 Å². The van der Waals surface area contributed by atoms with Crippen molar-refractivity contribution in [3.8, 4) is 0 Å². The van der Waals surface area contributed by atoms with Crippen LogP contribution in [-0.2, 0) is 15.7 Å². The molecule has 0 saturated heterocycles. The second kappa shape index (κ2) is 6.88. The number of alkyl halides is 3. The Bertz CT molecular complexity index is 533. The van der Waals surface area contributed by atoms with Gasteiger partial charge in [-0.25, -0.2) is 4.79 Å². The van der Waals surface area contributed by atoms with Gasteiger partial charge in [0.2, 0.25) is 0 Å². The zero-order valence-corrected chi connectivity index (χ0v) is 10.5. The smallest absolute Gasteiger partial charge is 0.418 e. The number of nitrogens with zero attached hydrogens (tertiary/aromatic N) is 1. The Balaban J connectivity index is 2.77. The molecule has 0 heterocycles. The molecule has 10 heteroatoms. The van der Waals surface area contributed by atoms with Crippen LogP contribution in [0.2, 0.25) is 0 Å². The van der Waals surface area contributed by atoms with Crippen LogP contribution in [0.15, 0.2) is 18.2 Å². The van der Waals surface area contributed by atoms with Crippen molar-refractivity contribution in [3.05, 3.63) is 33.9 Å². The van der Waals surface area contributed by atoms with Crippen LogP contribution < -0.4 is 5.32 Å². The number of carboxylic acid groups (broad SMARTS) is 1. The first-order valence-electron chi connectivity index (χ1n) is 5.61. The molecule has 2 N–H and O–H groups in total. The van der Waals surface area contributed by atoms with Gasteiger partial charge < -0.3 is 15.2 Å². The number of nitro groups is 1. The lowest BCUT2D eigenvalue weighted by atomic mass is 10.1. The minimum Gasteiger partial charge on any atom is -0.480 e. The minimum atomic E-state index is -4.75. The third-order valence-electron chi connectivity index (χ3n) is 2.31. The summed E-state index contributed by atoms with van der Waals surface area (Å²) in [6.45, 7) is -0.761. The van der Waals surface area contributed by atoms with Crippen LogP contribution in [0, 0.1) is 10.1 Å². The van der Waals surface area contributed by atoms with E-state index >= 15 is 0 Å². The summed E-state index contributed by atoms with van der Waals surface area (Å²) in [5, 5.41) is 21.2. The average molecular weight is 308 g/mol. The zero-order chi connectivity index (χ0) is 16.0. The van der Waals surface area contributed by atoms with Crippen molar-refractivity contribution in [2.24, 2.45) is 0 Å². The molecule has 1 aromatic rings. The van der Waals surface area contributed by atoms with Gasteiger partial charge in [-0.15, -0.1) is 0 Å². The predicted molar refractivity (Wildman–Crippen MR) is 65.0 cm³/mol. The SMILES string of the molecule is O=C(O)COCCNc1ccc([N+](=O)[O-])cc1C(F)(F)F. The number of carbonyl (C=O) groups is 1. The first-order valence-corrected chi connectivity index (χ1v) is 5.61. The quantitative estimate of drug-likeness (QED) is 0.454. The van der Waals surface area contributed by atoms with Crippen LogP contribution in [0.25, 0.3) is 0 Å². The Morgan fingerprint density at radius 1 is 1.43 bits per heavy atom. The Kier molecular flexibility index (Phi) is 5.47. The van der Waals surface area contributed by atoms with Gasteiger partial charge in [-0.3, -0.25) is 10.1 Å². The molecule has 0 aliphatic heterocycles. The average Bonchev–Trinajstić information content (AvgIpc) is 2.36. The van der Waals surface area contributed by atoms with Gasteiger partial charge in [0.05, 0.1) is 17.1 Å². The molecule has 7 nitrogen and oxygen atoms in total. The van der Waals surface area contributed by atoms with E-state index < -0.39 is 34.9 Å². The molecule has 0 aromatic heterocycles. The summed E-state index contributed by atoms with van der Waals surface area (Å²) in [7, 11) is 0. The fourth-order valence-corrected chi connectivity index (χ4v) is 1.45. The van der Waals surface area contributed by atoms with E-state index in [1.807, 2.05) is 0 Å². The summed E-state index contributed by atoms with van der Waals surface area (Å²) in [5.41, 5.74) is -2.18. The third kappa shape index (κ3) is 5.26. The molecule has 116 valence electrons. The number of nitro benzene ring substituents is 1. The molecular formula is C11H11F3N2O5. The van der Waals surface area contributed by atoms with Crippen molar-refractivity contribution >= 4 is 17.3 Å². The number of hydrogen-bond acceptors (Lipinski definition) is 5. The van der Waals surface area contributed by atoms with E-state index in [2.05, 4.69) is 10.1 Å². The third-order valence-corrected chi connectivity index (χ3v) is 2.31. The molecule has 0 amide bonds. The highest BCUT2D eigenvalue weighted by Crippen LogP contribution is 2.36. The first kappa shape index (κ1) is 16.7. The molecule has 0 spiro atoms. The van der Waals surface area contributed by atoms with Crippen LogP contribution in [0.1, 0.15) is 5.56 Å². The fourth-order valence-electron chi connectivity index (χ4n) is 1.45. The number of rotatable bonds is 7. The van der Waals surface area contributed by atoms with E-state index in [0.717, 1.165) is 12.1 Å². The lowest BCUT2D eigenvalue weighted by molar-refractivity contribution is -0.385. The highest BCUT2D eigenvalue weighted by Gasteiger charge is 2.35. The number of benzene rings is 1. The topological polar surface area (TPSA) is 102 Å². The molecule has 0 radical (unpaired) electrons. The van der Waals surface area contributed by atoms with E-state index in [1.165, 1.54) is 0 Å². The Morgan fingerprint density at radius 3 is 2.62 bits per heavy atom. The van der Waals surface area contributed by atoms with E-state index in [1.54, 1.807) is 0 Å². The molecule has 0 aliphatic carbocycles. The van der Waals surface area contributed by atoms with Gasteiger partial charge >= 0.3 is 12.1 Å². The van der Waals surface area contributed by atoms with Crippen molar-refractivity contribution in [1.82, 2.24) is 0 Å². The lowest BCUT2D eigenvalue weighted by Gasteiger charge is -2.14. The van der Waals surface area contributed by atoms with Gasteiger partial charge in [0.1, 0.15) is 6.61 Å². The molecule has 21 heavy (non-hydrogen) atoms. The van der Waals surface area contributed by atoms with Crippen LogP contribution >= 0.6 is 0 Å². The molecule has 1 aromatic carbocycles. The van der Waals surface area contributed by atoms with Crippen LogP contribution in [0.5, 0.6) is 0 Å². The Hall–Kier alpha value is -2.36. The molecular weight excluding hydrogens is 297 g/mol. The number of hydrogen-bond donors (Lipinski definition) is 2. The van der Waals surface area contributed by atoms with Crippen molar-refractivity contribution in [2.45, 2.75) is 6.18 Å². The van der Waals surface area contributed by atoms with Crippen LogP contribution in [0.4, 0.5) is 24.5 Å². The second-order valence-corrected chi connectivity index (χ2v) is 3.86. The fraction of sp³-hybridized carbons (Fsp3) is 0.364. The van der Waals surface area contributed by atoms with Crippen LogP contribution in [0.3, 0.4) is 0 Å². The maximum Gasteiger partial charge on any atom is 0.418 e. The summed E-state index contributed by atoms with van der Waals surface area (Å²) in [6.07, 6.45) is -4.75. The molecule has 0 fully saturated rings. The molecule has 1 rings (SSSR count). The van der Waals surface area contributed by atoms with Crippen molar-refractivity contribution in [2.75, 3.05) is 25.1 Å². The molecule has 0 saturated carbocycles. The van der Waals surface area contributed by atoms with E-state index in [9.17, 15) is 28.1 Å². The molecule has 0 bridgehead atoms. The van der Waals surface area contributed by atoms with Crippen molar-refractivity contribution in [3.63, 3.8) is 0 Å². The number of aliphatic carboxylic acids is 1. The largest absolute Gasteiger partial charge is 0.480 e. The second-order valence-electron chi connectivity index (χ2n) is 3.86. The Labute approximate surface area is 116 Å². The van der Waals surface area contributed by atoms with Crippen molar-refractivity contribution in [1.29, 1.82) is 0 Å². The standard InChI is InChI=1S/C11H11F3N2O5/c12-11(13,14)8-5-7(16(19)20)1-2-9(8)15-3-4-21-6-10(17)18/h1-2,5,15H,3-4,6H2,(H,17,18). The number of carboxylic acids is 1. The lowest BCUT2D eigenvalue weighted by Crippen LogP contribution is -2.16. The molecule has 0 aliphatic rings. The zero-order valence-electron chi connectivity index (χ0n) is 10.5. The summed E-state index contributed by atoms with van der Waals surface area (Å²) in [6, 6.07) is 2.31. The summed E-state index contributed by atoms with van der Waals surface area (Å²) in [5.74, 6) is -1.19. The van der Waals surface area contributed by atoms with Gasteiger partial charge in [0, 0.05) is 24.4 Å². The van der Waals surface area contributed by atoms with Gasteiger partial charge in [-0.1, -0.05) is 0 Å². The number of nitrogens with one attached hydrogen (secondary N) is 1. The predicted octanol–water partition coefficient (Wildman–Crippen LogP) is 2.13. The molecule has 0 atom stereocenters. The first-order chi connectivity index (χ1) is 9.71. The van der Waals surface area contributed by atoms with Gasteiger partial charge in [0.25, 0.3) is 5.69 Å². The van der Waals surface area contributed by atoms with Gasteiger partial charge in [-0.2, -0.15) is 13.2 Å². The number of halogens is 3. The summed E-state index contributed by atoms with van der Waals surface area (Å²) < 4.78 is 43.1. The number of anilines is 1. The monoisotopic (exact) mass is 308 g/mol. The van der Waals surface area contributed by atoms with Gasteiger partial charge in [-0.05, 0) is 6.07 Å². The highest BCUT2D eigenvalue weighted by molar-refractivity contribution is 5.68. The normalized spacial score (nSPS) is 11.2. The van der Waals surface area contributed by atoms with Crippen LogP contribution in [-0.4, -0.2) is 35.8 Å². The number of ether oxygens (including phenoxy) is 1. The Morgan fingerprint density at radius 2 is 2.10 bits per heavy atom. The summed E-state index contributed by atoms with van der Waals surface area (Å²) >= 11 is 0. The van der Waals surface area contributed by atoms with E-state index in [-0.39, 0.29) is 18.8 Å². The maximum atomic E-state index is 12.8. The van der Waals surface area contributed by atoms with Crippen molar-refractivity contribution < 1.29 is 32.7 Å². The number of non-ortho nitro benzene ring substituents is 1. The van der Waals surface area contributed by atoms with E-state index in [0.29, 0.717) is 6.07 Å². The van der Waals surface area contributed by atoms with E-state index in [4.69, 9.17) is 5.11 Å². The minimum absolute atomic E-state index is 0.0752. The highest BCUT2D eigenvalue weighted by atomic mass is 19.4. The maximum absolute atomic E-state index is 12.8. The molecule has 0 unspecified atom stereocenters.